The van der Waals surface area contributed by atoms with E-state index >= 15 is 0 Å². The molecule has 0 saturated carbocycles. The van der Waals surface area contributed by atoms with Crippen molar-refractivity contribution in [3.05, 3.63) is 35.9 Å². The van der Waals surface area contributed by atoms with Gasteiger partial charge in [-0.1, -0.05) is 0 Å². The van der Waals surface area contributed by atoms with Crippen LogP contribution in [0, 0.1) is 12.7 Å². The number of nitrogens with one attached hydrogen (secondary N) is 1. The summed E-state index contributed by atoms with van der Waals surface area (Å²) in [5, 5.41) is 3.02. The van der Waals surface area contributed by atoms with Crippen LogP contribution in [0.1, 0.15) is 5.56 Å². The number of halogens is 1. The number of anilines is 3. The van der Waals surface area contributed by atoms with Crippen molar-refractivity contribution >= 4 is 17.2 Å². The van der Waals surface area contributed by atoms with Gasteiger partial charge in [-0.15, -0.1) is 0 Å². The number of hydrogen-bond acceptors (Lipinski definition) is 5. The van der Waals surface area contributed by atoms with Crippen LogP contribution >= 0.6 is 0 Å². The standard InChI is InChI=1S/C12H13FN4O/c1-7-5-8(13)3-4-9(7)17-11-10(14)12(18-2)16-6-15-11/h3-6H,14H2,1-2H3,(H,15,16,17). The molecule has 0 aliphatic heterocycles. The van der Waals surface area contributed by atoms with Crippen LogP contribution in [0.3, 0.4) is 0 Å². The summed E-state index contributed by atoms with van der Waals surface area (Å²) < 4.78 is 18.0. The lowest BCUT2D eigenvalue weighted by Crippen LogP contribution is -2.04. The summed E-state index contributed by atoms with van der Waals surface area (Å²) in [6, 6.07) is 4.42. The summed E-state index contributed by atoms with van der Waals surface area (Å²) >= 11 is 0. The highest BCUT2D eigenvalue weighted by Gasteiger charge is 2.09. The van der Waals surface area contributed by atoms with E-state index in [4.69, 9.17) is 10.5 Å². The Morgan fingerprint density at radius 3 is 2.78 bits per heavy atom. The van der Waals surface area contributed by atoms with Crippen molar-refractivity contribution in [1.82, 2.24) is 9.97 Å². The van der Waals surface area contributed by atoms with Crippen LogP contribution in [-0.4, -0.2) is 17.1 Å². The Hall–Kier alpha value is -2.37. The fraction of sp³-hybridized carbons (Fsp3) is 0.167. The molecule has 6 heteroatoms. The van der Waals surface area contributed by atoms with Gasteiger partial charge in [-0.25, -0.2) is 9.37 Å². The Morgan fingerprint density at radius 2 is 2.11 bits per heavy atom. The zero-order chi connectivity index (χ0) is 13.1. The minimum Gasteiger partial charge on any atom is -0.479 e. The molecule has 0 amide bonds. The molecular formula is C12H13FN4O. The highest BCUT2D eigenvalue weighted by atomic mass is 19.1. The molecular weight excluding hydrogens is 235 g/mol. The molecule has 0 bridgehead atoms. The maximum atomic E-state index is 13.0. The van der Waals surface area contributed by atoms with Crippen molar-refractivity contribution in [2.24, 2.45) is 0 Å². The average molecular weight is 248 g/mol. The van der Waals surface area contributed by atoms with Crippen LogP contribution < -0.4 is 15.8 Å². The Morgan fingerprint density at radius 1 is 1.33 bits per heavy atom. The molecule has 0 spiro atoms. The third kappa shape index (κ3) is 2.32. The summed E-state index contributed by atoms with van der Waals surface area (Å²) in [4.78, 5) is 7.90. The molecule has 2 aromatic rings. The number of aromatic nitrogens is 2. The van der Waals surface area contributed by atoms with Crippen molar-refractivity contribution in [1.29, 1.82) is 0 Å². The Bertz CT molecular complexity index is 574. The number of ether oxygens (including phenoxy) is 1. The number of rotatable bonds is 3. The van der Waals surface area contributed by atoms with Crippen molar-refractivity contribution in [3.8, 4) is 5.88 Å². The highest BCUT2D eigenvalue weighted by Crippen LogP contribution is 2.28. The lowest BCUT2D eigenvalue weighted by atomic mass is 10.2. The zero-order valence-corrected chi connectivity index (χ0v) is 10.1. The molecule has 0 unspecified atom stereocenters. The summed E-state index contributed by atoms with van der Waals surface area (Å²) in [7, 11) is 1.48. The smallest absolute Gasteiger partial charge is 0.242 e. The number of benzene rings is 1. The predicted molar refractivity (Wildman–Crippen MR) is 67.4 cm³/mol. The topological polar surface area (TPSA) is 73.1 Å². The summed E-state index contributed by atoms with van der Waals surface area (Å²) in [5.74, 6) is 0.440. The monoisotopic (exact) mass is 248 g/mol. The van der Waals surface area contributed by atoms with E-state index < -0.39 is 0 Å². The van der Waals surface area contributed by atoms with Gasteiger partial charge in [0.15, 0.2) is 5.82 Å². The minimum absolute atomic E-state index is 0.286. The van der Waals surface area contributed by atoms with Crippen LogP contribution in [0.15, 0.2) is 24.5 Å². The van der Waals surface area contributed by atoms with Crippen molar-refractivity contribution in [2.45, 2.75) is 6.92 Å². The second-order valence-electron chi connectivity index (χ2n) is 3.73. The van der Waals surface area contributed by atoms with Gasteiger partial charge in [0.25, 0.3) is 0 Å². The Kier molecular flexibility index (Phi) is 3.27. The first kappa shape index (κ1) is 12.1. The summed E-state index contributed by atoms with van der Waals surface area (Å²) in [6.45, 7) is 1.79. The largest absolute Gasteiger partial charge is 0.479 e. The number of nitrogens with zero attached hydrogens (tertiary/aromatic N) is 2. The van der Waals surface area contributed by atoms with Gasteiger partial charge in [-0.3, -0.25) is 0 Å². The van der Waals surface area contributed by atoms with Crippen LogP contribution in [-0.2, 0) is 0 Å². The molecule has 1 heterocycles. The molecule has 0 radical (unpaired) electrons. The average Bonchev–Trinajstić information content (AvgIpc) is 2.35. The van der Waals surface area contributed by atoms with Gasteiger partial charge in [-0.2, -0.15) is 4.98 Å². The van der Waals surface area contributed by atoms with Crippen molar-refractivity contribution < 1.29 is 9.13 Å². The number of hydrogen-bond donors (Lipinski definition) is 2. The molecule has 94 valence electrons. The normalized spacial score (nSPS) is 10.2. The van der Waals surface area contributed by atoms with Gasteiger partial charge in [-0.05, 0) is 30.7 Å². The van der Waals surface area contributed by atoms with Gasteiger partial charge >= 0.3 is 0 Å². The molecule has 0 fully saturated rings. The molecule has 1 aromatic carbocycles. The van der Waals surface area contributed by atoms with Gasteiger partial charge in [0.2, 0.25) is 5.88 Å². The fourth-order valence-corrected chi connectivity index (χ4v) is 1.54. The zero-order valence-electron chi connectivity index (χ0n) is 10.1. The van der Waals surface area contributed by atoms with E-state index in [1.54, 1.807) is 13.0 Å². The first-order valence-corrected chi connectivity index (χ1v) is 5.29. The van der Waals surface area contributed by atoms with Crippen LogP contribution in [0.4, 0.5) is 21.6 Å². The van der Waals surface area contributed by atoms with Crippen LogP contribution in [0.25, 0.3) is 0 Å². The van der Waals surface area contributed by atoms with E-state index in [0.717, 1.165) is 11.3 Å². The number of aryl methyl sites for hydroxylation is 1. The summed E-state index contributed by atoms with van der Waals surface area (Å²) in [6.07, 6.45) is 1.34. The van der Waals surface area contributed by atoms with Gasteiger partial charge in [0.1, 0.15) is 17.8 Å². The second kappa shape index (κ2) is 4.87. The lowest BCUT2D eigenvalue weighted by molar-refractivity contribution is 0.399. The van der Waals surface area contributed by atoms with E-state index in [0.29, 0.717) is 17.4 Å². The predicted octanol–water partition coefficient (Wildman–Crippen LogP) is 2.26. The molecule has 5 nitrogen and oxygen atoms in total. The third-order valence-corrected chi connectivity index (χ3v) is 2.48. The SMILES string of the molecule is COc1ncnc(Nc2ccc(F)cc2C)c1N. The van der Waals surface area contributed by atoms with Crippen LogP contribution in [0.2, 0.25) is 0 Å². The third-order valence-electron chi connectivity index (χ3n) is 2.48. The van der Waals surface area contributed by atoms with E-state index in [2.05, 4.69) is 15.3 Å². The first-order valence-electron chi connectivity index (χ1n) is 5.29. The fourth-order valence-electron chi connectivity index (χ4n) is 1.54. The number of nitrogens with two attached hydrogens (primary N) is 1. The van der Waals surface area contributed by atoms with E-state index in [9.17, 15) is 4.39 Å². The molecule has 1 aromatic heterocycles. The molecule has 3 N–H and O–H groups in total. The lowest BCUT2D eigenvalue weighted by Gasteiger charge is -2.11. The van der Waals surface area contributed by atoms with E-state index in [-0.39, 0.29) is 5.82 Å². The molecule has 2 rings (SSSR count). The second-order valence-corrected chi connectivity index (χ2v) is 3.73. The van der Waals surface area contributed by atoms with Gasteiger partial charge < -0.3 is 15.8 Å². The highest BCUT2D eigenvalue weighted by molar-refractivity contribution is 5.73. The van der Waals surface area contributed by atoms with Crippen molar-refractivity contribution in [2.75, 3.05) is 18.2 Å². The molecule has 18 heavy (non-hydrogen) atoms. The number of methoxy groups -OCH3 is 1. The summed E-state index contributed by atoms with van der Waals surface area (Å²) in [5.41, 5.74) is 7.63. The molecule has 0 atom stereocenters. The Labute approximate surface area is 104 Å². The van der Waals surface area contributed by atoms with Crippen LogP contribution in [0.5, 0.6) is 5.88 Å². The van der Waals surface area contributed by atoms with Crippen molar-refractivity contribution in [3.63, 3.8) is 0 Å². The molecule has 0 aliphatic carbocycles. The maximum Gasteiger partial charge on any atom is 0.242 e. The van der Waals surface area contributed by atoms with Gasteiger partial charge in [0.05, 0.1) is 7.11 Å². The Balaban J connectivity index is 2.34. The maximum absolute atomic E-state index is 13.0. The van der Waals surface area contributed by atoms with E-state index in [1.807, 2.05) is 0 Å². The minimum atomic E-state index is -0.286. The quantitative estimate of drug-likeness (QED) is 0.871. The first-order chi connectivity index (χ1) is 8.61. The van der Waals surface area contributed by atoms with Gasteiger partial charge in [0, 0.05) is 5.69 Å². The number of nitrogen functional groups attached to an aromatic ring is 1. The molecule has 0 aliphatic rings. The molecule has 0 saturated heterocycles. The van der Waals surface area contributed by atoms with E-state index in [1.165, 1.54) is 25.6 Å².